The maximum atomic E-state index is 12.0. The van der Waals surface area contributed by atoms with Gasteiger partial charge in [-0.05, 0) is 54.4 Å². The minimum atomic E-state index is -0.114. The van der Waals surface area contributed by atoms with Gasteiger partial charge in [-0.15, -0.1) is 0 Å². The quantitative estimate of drug-likeness (QED) is 0.864. The predicted molar refractivity (Wildman–Crippen MR) is 72.3 cm³/mol. The molecule has 4 heteroatoms. The van der Waals surface area contributed by atoms with Crippen LogP contribution in [0, 0.1) is 0 Å². The van der Waals surface area contributed by atoms with E-state index in [1.807, 2.05) is 6.07 Å². The van der Waals surface area contributed by atoms with Crippen LogP contribution in [0.1, 0.15) is 52.6 Å². The summed E-state index contributed by atoms with van der Waals surface area (Å²) in [4.78, 5) is 12.0. The van der Waals surface area contributed by atoms with Crippen molar-refractivity contribution in [3.63, 3.8) is 0 Å². The highest BCUT2D eigenvalue weighted by atomic mass is 16.1. The molecule has 1 amide bonds. The average molecular weight is 253 g/mol. The maximum Gasteiger partial charge on any atom is 0.258 e. The Morgan fingerprint density at radius 3 is 2.89 bits per heavy atom. The molecule has 1 aromatic heterocycles. The van der Waals surface area contributed by atoms with Crippen molar-refractivity contribution in [2.45, 2.75) is 31.1 Å². The van der Waals surface area contributed by atoms with Gasteiger partial charge < -0.3 is 5.32 Å². The summed E-state index contributed by atoms with van der Waals surface area (Å²) in [5.74, 6) is 1.36. The molecule has 2 aromatic rings. The van der Waals surface area contributed by atoms with Gasteiger partial charge in [0.2, 0.25) is 0 Å². The lowest BCUT2D eigenvalue weighted by molar-refractivity contribution is 0.102. The van der Waals surface area contributed by atoms with E-state index in [0.717, 1.165) is 11.6 Å². The van der Waals surface area contributed by atoms with Gasteiger partial charge in [-0.2, -0.15) is 5.10 Å². The van der Waals surface area contributed by atoms with E-state index in [4.69, 9.17) is 0 Å². The third-order valence-corrected chi connectivity index (χ3v) is 4.42. The molecule has 2 bridgehead atoms. The summed E-state index contributed by atoms with van der Waals surface area (Å²) in [6.45, 7) is 0. The average Bonchev–Trinajstić information content (AvgIpc) is 3.16. The first-order chi connectivity index (χ1) is 9.31. The molecule has 2 unspecified atom stereocenters. The summed E-state index contributed by atoms with van der Waals surface area (Å²) < 4.78 is 0. The fraction of sp³-hybridized carbons (Fsp3) is 0.333. The van der Waals surface area contributed by atoms with Gasteiger partial charge in [0, 0.05) is 11.9 Å². The largest absolute Gasteiger partial charge is 0.322 e. The molecule has 1 fully saturated rings. The Hall–Kier alpha value is -2.10. The van der Waals surface area contributed by atoms with Gasteiger partial charge in [-0.3, -0.25) is 9.89 Å². The molecule has 2 atom stereocenters. The van der Waals surface area contributed by atoms with Crippen molar-refractivity contribution < 1.29 is 4.79 Å². The Bertz CT molecular complexity index is 633. The molecule has 1 saturated carbocycles. The number of rotatable bonds is 2. The van der Waals surface area contributed by atoms with Crippen LogP contribution < -0.4 is 5.32 Å². The summed E-state index contributed by atoms with van der Waals surface area (Å²) in [5.41, 5.74) is 4.39. The number of benzene rings is 1. The maximum absolute atomic E-state index is 12.0. The Labute approximate surface area is 111 Å². The van der Waals surface area contributed by atoms with Crippen LogP contribution in [0.4, 0.5) is 5.69 Å². The van der Waals surface area contributed by atoms with E-state index in [1.165, 1.54) is 36.6 Å². The first-order valence-electron chi connectivity index (χ1n) is 6.75. The zero-order valence-corrected chi connectivity index (χ0v) is 10.5. The minimum absolute atomic E-state index is 0.114. The molecule has 2 aliphatic carbocycles. The normalized spacial score (nSPS) is 23.4. The number of hydrogen-bond donors (Lipinski definition) is 2. The molecule has 2 aliphatic rings. The molecular weight excluding hydrogens is 238 g/mol. The van der Waals surface area contributed by atoms with E-state index in [0.29, 0.717) is 11.5 Å². The molecule has 2 N–H and O–H groups in total. The van der Waals surface area contributed by atoms with E-state index in [-0.39, 0.29) is 5.91 Å². The minimum Gasteiger partial charge on any atom is -0.322 e. The number of nitrogens with zero attached hydrogens (tertiary/aromatic N) is 1. The third-order valence-electron chi connectivity index (χ3n) is 4.42. The van der Waals surface area contributed by atoms with E-state index >= 15 is 0 Å². The lowest BCUT2D eigenvalue weighted by Crippen LogP contribution is -2.11. The van der Waals surface area contributed by atoms with Crippen molar-refractivity contribution in [3.8, 4) is 0 Å². The molecule has 1 aromatic carbocycles. The first-order valence-corrected chi connectivity index (χ1v) is 6.75. The van der Waals surface area contributed by atoms with E-state index in [2.05, 4.69) is 27.6 Å². The SMILES string of the molecule is O=C(Nc1ccc2c(c1)C1CCC2C1)c1cn[nH]c1. The molecule has 0 radical (unpaired) electrons. The summed E-state index contributed by atoms with van der Waals surface area (Å²) >= 11 is 0. The van der Waals surface area contributed by atoms with Crippen LogP contribution >= 0.6 is 0 Å². The third kappa shape index (κ3) is 1.67. The van der Waals surface area contributed by atoms with Crippen LogP contribution in [-0.2, 0) is 0 Å². The van der Waals surface area contributed by atoms with Crippen molar-refractivity contribution in [2.75, 3.05) is 5.32 Å². The lowest BCUT2D eigenvalue weighted by Gasteiger charge is -2.16. The van der Waals surface area contributed by atoms with Gasteiger partial charge in [-0.25, -0.2) is 0 Å². The van der Waals surface area contributed by atoms with Gasteiger partial charge in [-0.1, -0.05) is 6.07 Å². The number of aromatic amines is 1. The fourth-order valence-electron chi connectivity index (χ4n) is 3.50. The molecule has 1 heterocycles. The summed E-state index contributed by atoms with van der Waals surface area (Å²) in [5, 5.41) is 9.37. The van der Waals surface area contributed by atoms with Crippen LogP contribution in [-0.4, -0.2) is 16.1 Å². The van der Waals surface area contributed by atoms with Crippen molar-refractivity contribution >= 4 is 11.6 Å². The van der Waals surface area contributed by atoms with Gasteiger partial charge in [0.1, 0.15) is 0 Å². The topological polar surface area (TPSA) is 57.8 Å². The molecule has 4 rings (SSSR count). The molecule has 96 valence electrons. The van der Waals surface area contributed by atoms with Gasteiger partial charge in [0.05, 0.1) is 11.8 Å². The number of nitrogens with one attached hydrogen (secondary N) is 2. The number of fused-ring (bicyclic) bond motifs is 5. The van der Waals surface area contributed by atoms with Crippen LogP contribution in [0.2, 0.25) is 0 Å². The number of hydrogen-bond acceptors (Lipinski definition) is 2. The summed E-state index contributed by atoms with van der Waals surface area (Å²) in [6, 6.07) is 6.35. The predicted octanol–water partition coefficient (Wildman–Crippen LogP) is 3.03. The number of anilines is 1. The molecule has 4 nitrogen and oxygen atoms in total. The first kappa shape index (κ1) is 10.8. The highest BCUT2D eigenvalue weighted by Gasteiger charge is 2.36. The van der Waals surface area contributed by atoms with Crippen LogP contribution in [0.25, 0.3) is 0 Å². The van der Waals surface area contributed by atoms with E-state index in [1.54, 1.807) is 6.20 Å². The fourth-order valence-corrected chi connectivity index (χ4v) is 3.50. The molecule has 0 spiro atoms. The highest BCUT2D eigenvalue weighted by Crippen LogP contribution is 2.53. The number of H-pyrrole nitrogens is 1. The smallest absolute Gasteiger partial charge is 0.258 e. The highest BCUT2D eigenvalue weighted by molar-refractivity contribution is 6.03. The Kier molecular flexibility index (Phi) is 2.24. The second-order valence-corrected chi connectivity index (χ2v) is 5.49. The van der Waals surface area contributed by atoms with Crippen LogP contribution in [0.15, 0.2) is 30.6 Å². The molecule has 0 saturated heterocycles. The molecular formula is C15H15N3O. The van der Waals surface area contributed by atoms with Crippen LogP contribution in [0.5, 0.6) is 0 Å². The molecule has 19 heavy (non-hydrogen) atoms. The van der Waals surface area contributed by atoms with Crippen molar-refractivity contribution in [1.82, 2.24) is 10.2 Å². The monoisotopic (exact) mass is 253 g/mol. The van der Waals surface area contributed by atoms with Crippen molar-refractivity contribution in [1.29, 1.82) is 0 Å². The lowest BCUT2D eigenvalue weighted by atomic mass is 9.91. The number of carbonyl (C=O) groups is 1. The zero-order chi connectivity index (χ0) is 12.8. The standard InChI is InChI=1S/C15H15N3O/c19-15(11-7-16-17-8-11)18-12-3-4-13-9-1-2-10(5-9)14(13)6-12/h3-4,6-10H,1-2,5H2,(H,16,17)(H,18,19). The molecule has 0 aliphatic heterocycles. The second-order valence-electron chi connectivity index (χ2n) is 5.49. The second kappa shape index (κ2) is 3.95. The van der Waals surface area contributed by atoms with Gasteiger partial charge >= 0.3 is 0 Å². The number of carbonyl (C=O) groups excluding carboxylic acids is 1. The van der Waals surface area contributed by atoms with Crippen molar-refractivity contribution in [2.24, 2.45) is 0 Å². The summed E-state index contributed by atoms with van der Waals surface area (Å²) in [7, 11) is 0. The van der Waals surface area contributed by atoms with E-state index in [9.17, 15) is 4.79 Å². The number of amides is 1. The Morgan fingerprint density at radius 2 is 2.11 bits per heavy atom. The van der Waals surface area contributed by atoms with Crippen LogP contribution in [0.3, 0.4) is 0 Å². The Morgan fingerprint density at radius 1 is 1.26 bits per heavy atom. The zero-order valence-electron chi connectivity index (χ0n) is 10.5. The van der Waals surface area contributed by atoms with E-state index < -0.39 is 0 Å². The number of aromatic nitrogens is 2. The van der Waals surface area contributed by atoms with Crippen molar-refractivity contribution in [3.05, 3.63) is 47.3 Å². The van der Waals surface area contributed by atoms with Gasteiger partial charge in [0.15, 0.2) is 0 Å². The summed E-state index contributed by atoms with van der Waals surface area (Å²) in [6.07, 6.45) is 7.07. The van der Waals surface area contributed by atoms with Gasteiger partial charge in [0.25, 0.3) is 5.91 Å². The Balaban J connectivity index is 1.60.